The highest BCUT2D eigenvalue weighted by atomic mass is 32.2. The van der Waals surface area contributed by atoms with Crippen molar-refractivity contribution < 1.29 is 14.4 Å². The van der Waals surface area contributed by atoms with E-state index in [1.165, 1.54) is 21.2 Å². The van der Waals surface area contributed by atoms with Crippen molar-refractivity contribution in [2.24, 2.45) is 5.92 Å². The Morgan fingerprint density at radius 2 is 1.62 bits per heavy atom. The molecule has 9 heteroatoms. The van der Waals surface area contributed by atoms with Crippen LogP contribution >= 0.6 is 23.1 Å². The number of rotatable bonds is 5. The maximum Gasteiger partial charge on any atom is 0.308 e. The number of nitrogens with zero attached hydrogens (tertiary/aromatic N) is 2. The lowest BCUT2D eigenvalue weighted by molar-refractivity contribution is -0.122. The van der Waals surface area contributed by atoms with Crippen molar-refractivity contribution in [3.8, 4) is 0 Å². The Labute approximate surface area is 252 Å². The summed E-state index contributed by atoms with van der Waals surface area (Å²) >= 11 is 2.28. The minimum absolute atomic E-state index is 0.0588. The van der Waals surface area contributed by atoms with E-state index in [2.05, 4.69) is 38.2 Å². The van der Waals surface area contributed by atoms with Crippen LogP contribution in [0, 0.1) is 12.8 Å². The van der Waals surface area contributed by atoms with E-state index in [1.807, 2.05) is 43.3 Å². The molecule has 0 bridgehead atoms. The first-order chi connectivity index (χ1) is 20.0. The van der Waals surface area contributed by atoms with Crippen LogP contribution in [0.3, 0.4) is 0 Å². The molecule has 0 aliphatic carbocycles. The molecule has 4 aromatic rings. The van der Waals surface area contributed by atoms with Gasteiger partial charge in [0.2, 0.25) is 17.7 Å². The molecule has 3 amide bonds. The number of thiazole rings is 1. The van der Waals surface area contributed by atoms with E-state index in [-0.39, 0.29) is 34.6 Å². The van der Waals surface area contributed by atoms with Gasteiger partial charge in [-0.1, -0.05) is 98.5 Å². The molecule has 2 aliphatic heterocycles. The number of benzene rings is 3. The third kappa shape index (κ3) is 5.01. The summed E-state index contributed by atoms with van der Waals surface area (Å²) in [6.07, 6.45) is 0. The smallest absolute Gasteiger partial charge is 0.308 e. The van der Waals surface area contributed by atoms with Crippen LogP contribution in [0.15, 0.2) is 88.7 Å². The Balaban J connectivity index is 1.42. The summed E-state index contributed by atoms with van der Waals surface area (Å²) in [4.78, 5) is 56.1. The molecule has 7 nitrogen and oxygen atoms in total. The van der Waals surface area contributed by atoms with Gasteiger partial charge in [-0.15, -0.1) is 0 Å². The summed E-state index contributed by atoms with van der Waals surface area (Å²) < 4.78 is 1.45. The van der Waals surface area contributed by atoms with Crippen molar-refractivity contribution in [2.45, 2.75) is 55.8 Å². The standard InChI is InChI=1S/C33H31N3O4S2/c1-19-9-8-10-22(17-19)34-24(37)18-35-31-28(42-32(35)40)25(20-13-15-21(16-14-20)33(2,3)4)26-27(41-31)30(39)36(29(26)38)23-11-6-5-7-12-23/h5-17,25-27H,18H2,1-4H3,(H,34,37)/t25-,26?,27?/m1/s1. The number of aryl methyl sites for hydroxylation is 1. The van der Waals surface area contributed by atoms with E-state index in [1.54, 1.807) is 30.3 Å². The van der Waals surface area contributed by atoms with Gasteiger partial charge >= 0.3 is 4.87 Å². The number of hydrogen-bond donors (Lipinski definition) is 1. The lowest BCUT2D eigenvalue weighted by atomic mass is 9.81. The van der Waals surface area contributed by atoms with Crippen molar-refractivity contribution in [1.29, 1.82) is 0 Å². The number of carbonyl (C=O) groups is 3. The van der Waals surface area contributed by atoms with Gasteiger partial charge in [0, 0.05) is 16.5 Å². The summed E-state index contributed by atoms with van der Waals surface area (Å²) in [6.45, 7) is 8.16. The average molecular weight is 598 g/mol. The number of carbonyl (C=O) groups excluding carboxylic acids is 3. The number of thioether (sulfide) groups is 1. The Hall–Kier alpha value is -3.95. The van der Waals surface area contributed by atoms with Gasteiger partial charge in [-0.25, -0.2) is 4.90 Å². The topological polar surface area (TPSA) is 88.5 Å². The number of imide groups is 1. The number of anilines is 2. The molecule has 6 rings (SSSR count). The van der Waals surface area contributed by atoms with Crippen LogP contribution in [0.5, 0.6) is 0 Å². The Morgan fingerprint density at radius 3 is 2.29 bits per heavy atom. The first-order valence-electron chi connectivity index (χ1n) is 13.8. The van der Waals surface area contributed by atoms with Crippen LogP contribution in [0.4, 0.5) is 11.4 Å². The molecule has 0 radical (unpaired) electrons. The Bertz CT molecular complexity index is 1750. The molecule has 2 unspecified atom stereocenters. The fraction of sp³-hybridized carbons (Fsp3) is 0.273. The predicted octanol–water partition coefficient (Wildman–Crippen LogP) is 5.95. The van der Waals surface area contributed by atoms with Gasteiger partial charge in [-0.3, -0.25) is 23.7 Å². The largest absolute Gasteiger partial charge is 0.325 e. The number of amides is 3. The van der Waals surface area contributed by atoms with Crippen molar-refractivity contribution in [2.75, 3.05) is 10.2 Å². The molecule has 1 aromatic heterocycles. The van der Waals surface area contributed by atoms with Gasteiger partial charge in [0.1, 0.15) is 11.8 Å². The molecule has 3 aromatic carbocycles. The van der Waals surface area contributed by atoms with Crippen molar-refractivity contribution >= 4 is 52.2 Å². The molecular weight excluding hydrogens is 567 g/mol. The quantitative estimate of drug-likeness (QED) is 0.287. The molecule has 42 heavy (non-hydrogen) atoms. The van der Waals surface area contributed by atoms with E-state index in [9.17, 15) is 19.2 Å². The normalized spacial score (nSPS) is 19.9. The summed E-state index contributed by atoms with van der Waals surface area (Å²) in [5, 5.41) is 2.73. The molecule has 1 N–H and O–H groups in total. The van der Waals surface area contributed by atoms with Crippen LogP contribution in [0.2, 0.25) is 0 Å². The van der Waals surface area contributed by atoms with Gasteiger partial charge in [-0.2, -0.15) is 0 Å². The average Bonchev–Trinajstić information content (AvgIpc) is 3.39. The molecule has 1 fully saturated rings. The maximum atomic E-state index is 14.0. The van der Waals surface area contributed by atoms with Crippen molar-refractivity contribution in [3.05, 3.63) is 110 Å². The van der Waals surface area contributed by atoms with E-state index >= 15 is 0 Å². The lowest BCUT2D eigenvalue weighted by Crippen LogP contribution is -2.33. The summed E-state index contributed by atoms with van der Waals surface area (Å²) in [7, 11) is 0. The zero-order chi connectivity index (χ0) is 29.8. The van der Waals surface area contributed by atoms with Crippen molar-refractivity contribution in [3.63, 3.8) is 0 Å². The van der Waals surface area contributed by atoms with Crippen LogP contribution in [0.25, 0.3) is 0 Å². The molecule has 3 atom stereocenters. The molecular formula is C33H31N3O4S2. The van der Waals surface area contributed by atoms with E-state index < -0.39 is 17.1 Å². The van der Waals surface area contributed by atoms with Crippen LogP contribution in [0.1, 0.15) is 48.3 Å². The predicted molar refractivity (Wildman–Crippen MR) is 167 cm³/mol. The maximum absolute atomic E-state index is 14.0. The second-order valence-electron chi connectivity index (χ2n) is 11.8. The number of para-hydroxylation sites is 1. The van der Waals surface area contributed by atoms with Crippen LogP contribution < -0.4 is 15.1 Å². The molecule has 1 saturated heterocycles. The van der Waals surface area contributed by atoms with Gasteiger partial charge in [0.15, 0.2) is 0 Å². The summed E-state index contributed by atoms with van der Waals surface area (Å²) in [6, 6.07) is 24.5. The zero-order valence-electron chi connectivity index (χ0n) is 23.8. The third-order valence-corrected chi connectivity index (χ3v) is 10.4. The zero-order valence-corrected chi connectivity index (χ0v) is 25.4. The monoisotopic (exact) mass is 597 g/mol. The number of hydrogen-bond acceptors (Lipinski definition) is 6. The molecule has 2 aliphatic rings. The van der Waals surface area contributed by atoms with Gasteiger partial charge in [0.25, 0.3) is 0 Å². The van der Waals surface area contributed by atoms with Crippen LogP contribution in [-0.2, 0) is 26.3 Å². The fourth-order valence-corrected chi connectivity index (χ4v) is 8.48. The first-order valence-corrected chi connectivity index (χ1v) is 15.5. The first kappa shape index (κ1) is 28.2. The highest BCUT2D eigenvalue weighted by molar-refractivity contribution is 8.00. The highest BCUT2D eigenvalue weighted by Crippen LogP contribution is 2.54. The van der Waals surface area contributed by atoms with Gasteiger partial charge in [-0.05, 0) is 53.3 Å². The van der Waals surface area contributed by atoms with E-state index in [0.29, 0.717) is 21.3 Å². The second-order valence-corrected chi connectivity index (χ2v) is 13.9. The number of aromatic nitrogens is 1. The lowest BCUT2D eigenvalue weighted by Gasteiger charge is -2.31. The SMILES string of the molecule is Cc1cccc(NC(=O)Cn2c3c(sc2=O)[C@H](c2ccc(C(C)(C)C)cc2)C2C(=O)N(c4ccccc4)C(=O)C2S3)c1. The minimum atomic E-state index is -0.724. The second kappa shape index (κ2) is 10.7. The summed E-state index contributed by atoms with van der Waals surface area (Å²) in [5.74, 6) is -2.09. The van der Waals surface area contributed by atoms with E-state index in [4.69, 9.17) is 0 Å². The third-order valence-electron chi connectivity index (χ3n) is 7.80. The molecule has 3 heterocycles. The molecule has 0 spiro atoms. The molecule has 214 valence electrons. The number of nitrogens with one attached hydrogen (secondary N) is 1. The van der Waals surface area contributed by atoms with Gasteiger partial charge < -0.3 is 5.32 Å². The Morgan fingerprint density at radius 1 is 0.905 bits per heavy atom. The highest BCUT2D eigenvalue weighted by Gasteiger charge is 2.56. The van der Waals surface area contributed by atoms with Crippen LogP contribution in [-0.4, -0.2) is 27.5 Å². The molecule has 0 saturated carbocycles. The van der Waals surface area contributed by atoms with Crippen molar-refractivity contribution in [1.82, 2.24) is 4.57 Å². The van der Waals surface area contributed by atoms with Gasteiger partial charge in [0.05, 0.1) is 16.6 Å². The minimum Gasteiger partial charge on any atom is -0.325 e. The summed E-state index contributed by atoms with van der Waals surface area (Å²) in [5.41, 5.74) is 4.14. The number of fused-ring (bicyclic) bond motifs is 2. The van der Waals surface area contributed by atoms with E-state index in [0.717, 1.165) is 28.0 Å². The Kier molecular flexibility index (Phi) is 7.19. The fourth-order valence-electron chi connectivity index (χ4n) is 5.70.